The lowest BCUT2D eigenvalue weighted by Crippen LogP contribution is -2.37. The van der Waals surface area contributed by atoms with Crippen LogP contribution in [0.3, 0.4) is 0 Å². The predicted molar refractivity (Wildman–Crippen MR) is 100 cm³/mol. The highest BCUT2D eigenvalue weighted by Gasteiger charge is 2.30. The van der Waals surface area contributed by atoms with E-state index in [1.54, 1.807) is 12.1 Å². The lowest BCUT2D eigenvalue weighted by molar-refractivity contribution is -0.130. The molecule has 0 aliphatic carbocycles. The molecule has 1 amide bonds. The van der Waals surface area contributed by atoms with Gasteiger partial charge in [0, 0.05) is 17.8 Å². The maximum Gasteiger partial charge on any atom is 0.345 e. The second-order valence-corrected chi connectivity index (χ2v) is 7.97. The van der Waals surface area contributed by atoms with Gasteiger partial charge in [0.15, 0.2) is 0 Å². The van der Waals surface area contributed by atoms with Crippen LogP contribution in [0.4, 0.5) is 0 Å². The van der Waals surface area contributed by atoms with Gasteiger partial charge in [-0.05, 0) is 37.8 Å². The van der Waals surface area contributed by atoms with Crippen molar-refractivity contribution >= 4 is 23.2 Å². The van der Waals surface area contributed by atoms with Gasteiger partial charge in [-0.3, -0.25) is 4.79 Å². The van der Waals surface area contributed by atoms with Crippen LogP contribution in [0.25, 0.3) is 0 Å². The zero-order chi connectivity index (χ0) is 18.9. The number of amides is 1. The van der Waals surface area contributed by atoms with Gasteiger partial charge in [-0.2, -0.15) is 0 Å². The number of thiophene rings is 1. The Kier molecular flexibility index (Phi) is 8.54. The Morgan fingerprint density at radius 2 is 2.15 bits per heavy atom. The zero-order valence-corrected chi connectivity index (χ0v) is 16.2. The van der Waals surface area contributed by atoms with Crippen molar-refractivity contribution in [2.45, 2.75) is 70.6 Å². The molecular formula is C19H29NO5S. The average Bonchev–Trinajstić information content (AvgIpc) is 3.21. The van der Waals surface area contributed by atoms with E-state index in [0.717, 1.165) is 43.4 Å². The van der Waals surface area contributed by atoms with Crippen LogP contribution in [0.15, 0.2) is 12.1 Å². The standard InChI is InChI=1S/C19H29NO5S/c1-2-3-5-15(21)6-4-11-20-14(7-10-18(20)22)12-25-13-16-8-9-17(26-16)19(23)24/h8-9,14-15,21H,2-7,10-13H2,1H3,(H,23,24)/t14-,15?/m1/s1. The minimum absolute atomic E-state index is 0.0780. The summed E-state index contributed by atoms with van der Waals surface area (Å²) in [5.74, 6) is -0.763. The smallest absolute Gasteiger partial charge is 0.345 e. The minimum Gasteiger partial charge on any atom is -0.477 e. The van der Waals surface area contributed by atoms with Crippen LogP contribution < -0.4 is 0 Å². The highest BCUT2D eigenvalue weighted by atomic mass is 32.1. The molecule has 1 aromatic rings. The third kappa shape index (κ3) is 6.37. The number of hydrogen-bond donors (Lipinski definition) is 2. The fourth-order valence-electron chi connectivity index (χ4n) is 3.22. The highest BCUT2D eigenvalue weighted by Crippen LogP contribution is 2.22. The first-order chi connectivity index (χ1) is 12.5. The molecule has 6 nitrogen and oxygen atoms in total. The van der Waals surface area contributed by atoms with Gasteiger partial charge in [0.2, 0.25) is 5.91 Å². The van der Waals surface area contributed by atoms with Crippen molar-refractivity contribution in [3.63, 3.8) is 0 Å². The molecule has 1 fully saturated rings. The number of carboxylic acids is 1. The fraction of sp³-hybridized carbons (Fsp3) is 0.684. The summed E-state index contributed by atoms with van der Waals surface area (Å²) in [5, 5.41) is 18.9. The molecule has 0 saturated carbocycles. The van der Waals surface area contributed by atoms with Crippen LogP contribution in [0.5, 0.6) is 0 Å². The van der Waals surface area contributed by atoms with Gasteiger partial charge in [0.1, 0.15) is 4.88 Å². The molecular weight excluding hydrogens is 354 g/mol. The summed E-state index contributed by atoms with van der Waals surface area (Å²) in [6, 6.07) is 3.43. The number of aliphatic hydroxyl groups excluding tert-OH is 1. The Morgan fingerprint density at radius 3 is 2.85 bits per heavy atom. The number of likely N-dealkylation sites (tertiary alicyclic amines) is 1. The lowest BCUT2D eigenvalue weighted by Gasteiger charge is -2.25. The summed E-state index contributed by atoms with van der Waals surface area (Å²) in [4.78, 5) is 26.0. The average molecular weight is 384 g/mol. The van der Waals surface area contributed by atoms with Crippen LogP contribution in [0.1, 0.15) is 66.4 Å². The number of rotatable bonds is 12. The first-order valence-corrected chi connectivity index (χ1v) is 10.2. The van der Waals surface area contributed by atoms with E-state index in [1.807, 2.05) is 4.90 Å². The summed E-state index contributed by atoms with van der Waals surface area (Å²) in [6.07, 6.45) is 5.55. The van der Waals surface area contributed by atoms with Crippen molar-refractivity contribution in [1.29, 1.82) is 0 Å². The minimum atomic E-state index is -0.921. The van der Waals surface area contributed by atoms with Gasteiger partial charge >= 0.3 is 5.97 Å². The molecule has 26 heavy (non-hydrogen) atoms. The number of carbonyl (C=O) groups is 2. The molecule has 2 heterocycles. The van der Waals surface area contributed by atoms with E-state index in [0.29, 0.717) is 31.1 Å². The van der Waals surface area contributed by atoms with Crippen molar-refractivity contribution in [2.75, 3.05) is 13.2 Å². The molecule has 1 aliphatic rings. The molecule has 2 atom stereocenters. The third-order valence-electron chi connectivity index (χ3n) is 4.71. The monoisotopic (exact) mass is 383 g/mol. The summed E-state index contributed by atoms with van der Waals surface area (Å²) in [5.41, 5.74) is 0. The number of carbonyl (C=O) groups excluding carboxylic acids is 1. The fourth-order valence-corrected chi connectivity index (χ4v) is 4.01. The van der Waals surface area contributed by atoms with Crippen molar-refractivity contribution in [2.24, 2.45) is 0 Å². The molecule has 0 radical (unpaired) electrons. The zero-order valence-electron chi connectivity index (χ0n) is 15.4. The Balaban J connectivity index is 1.71. The molecule has 0 bridgehead atoms. The SMILES string of the molecule is CCCCC(O)CCCN1C(=O)CC[C@@H]1COCc1ccc(C(=O)O)s1. The normalized spacial score (nSPS) is 18.5. The molecule has 2 rings (SSSR count). The van der Waals surface area contributed by atoms with E-state index in [-0.39, 0.29) is 18.1 Å². The predicted octanol–water partition coefficient (Wildman–Crippen LogP) is 3.29. The second kappa shape index (κ2) is 10.6. The molecule has 1 saturated heterocycles. The van der Waals surface area contributed by atoms with Crippen molar-refractivity contribution in [3.8, 4) is 0 Å². The number of nitrogens with zero attached hydrogens (tertiary/aromatic N) is 1. The maximum absolute atomic E-state index is 12.1. The van der Waals surface area contributed by atoms with Crippen molar-refractivity contribution < 1.29 is 24.5 Å². The summed E-state index contributed by atoms with van der Waals surface area (Å²) < 4.78 is 5.73. The topological polar surface area (TPSA) is 87.1 Å². The number of aromatic carboxylic acids is 1. The first-order valence-electron chi connectivity index (χ1n) is 9.38. The van der Waals surface area contributed by atoms with Gasteiger partial charge in [-0.25, -0.2) is 4.79 Å². The summed E-state index contributed by atoms with van der Waals surface area (Å²) >= 11 is 1.22. The maximum atomic E-state index is 12.1. The van der Waals surface area contributed by atoms with Gasteiger partial charge < -0.3 is 19.8 Å². The van der Waals surface area contributed by atoms with E-state index in [4.69, 9.17) is 9.84 Å². The molecule has 146 valence electrons. The van der Waals surface area contributed by atoms with E-state index in [2.05, 4.69) is 6.92 Å². The quantitative estimate of drug-likeness (QED) is 0.578. The largest absolute Gasteiger partial charge is 0.477 e. The number of carboxylic acid groups (broad SMARTS) is 1. The second-order valence-electron chi connectivity index (χ2n) is 6.80. The number of hydrogen-bond acceptors (Lipinski definition) is 5. The van der Waals surface area contributed by atoms with Crippen molar-refractivity contribution in [3.05, 3.63) is 21.9 Å². The molecule has 1 aromatic heterocycles. The first kappa shape index (κ1) is 20.9. The molecule has 2 N–H and O–H groups in total. The lowest BCUT2D eigenvalue weighted by atomic mass is 10.1. The third-order valence-corrected chi connectivity index (χ3v) is 5.75. The molecule has 1 aliphatic heterocycles. The van der Waals surface area contributed by atoms with Crippen LogP contribution in [-0.4, -0.2) is 52.3 Å². The summed E-state index contributed by atoms with van der Waals surface area (Å²) in [7, 11) is 0. The van der Waals surface area contributed by atoms with Crippen LogP contribution in [-0.2, 0) is 16.1 Å². The van der Waals surface area contributed by atoms with Crippen LogP contribution in [0.2, 0.25) is 0 Å². The van der Waals surface area contributed by atoms with Gasteiger partial charge in [0.05, 0.1) is 25.4 Å². The van der Waals surface area contributed by atoms with Crippen LogP contribution >= 0.6 is 11.3 Å². The van der Waals surface area contributed by atoms with E-state index < -0.39 is 5.97 Å². The van der Waals surface area contributed by atoms with E-state index >= 15 is 0 Å². The number of ether oxygens (including phenoxy) is 1. The van der Waals surface area contributed by atoms with Gasteiger partial charge in [0.25, 0.3) is 0 Å². The van der Waals surface area contributed by atoms with Crippen LogP contribution in [0, 0.1) is 0 Å². The molecule has 0 spiro atoms. The Morgan fingerprint density at radius 1 is 1.38 bits per heavy atom. The Labute approximate surface area is 158 Å². The Hall–Kier alpha value is -1.44. The van der Waals surface area contributed by atoms with Gasteiger partial charge in [-0.1, -0.05) is 19.8 Å². The van der Waals surface area contributed by atoms with E-state index in [9.17, 15) is 14.7 Å². The van der Waals surface area contributed by atoms with E-state index in [1.165, 1.54) is 11.3 Å². The molecule has 7 heteroatoms. The number of unbranched alkanes of at least 4 members (excludes halogenated alkanes) is 1. The van der Waals surface area contributed by atoms with Crippen molar-refractivity contribution in [1.82, 2.24) is 4.90 Å². The number of aliphatic hydroxyl groups is 1. The molecule has 1 unspecified atom stereocenters. The van der Waals surface area contributed by atoms with Gasteiger partial charge in [-0.15, -0.1) is 11.3 Å². The Bertz CT molecular complexity index is 588. The highest BCUT2D eigenvalue weighted by molar-refractivity contribution is 7.13. The molecule has 0 aromatic carbocycles. The summed E-state index contributed by atoms with van der Waals surface area (Å²) in [6.45, 7) is 3.60.